The third-order valence-corrected chi connectivity index (χ3v) is 5.59. The molecule has 2 aliphatic heterocycles. The van der Waals surface area contributed by atoms with Gasteiger partial charge in [-0.2, -0.15) is 0 Å². The maximum Gasteiger partial charge on any atom is 0.411 e. The summed E-state index contributed by atoms with van der Waals surface area (Å²) < 4.78 is 10.6. The Morgan fingerprint density at radius 2 is 2.00 bits per heavy atom. The van der Waals surface area contributed by atoms with Gasteiger partial charge in [-0.1, -0.05) is 30.3 Å². The van der Waals surface area contributed by atoms with Gasteiger partial charge in [0, 0.05) is 31.4 Å². The molecule has 0 unspecified atom stereocenters. The van der Waals surface area contributed by atoms with E-state index in [1.54, 1.807) is 6.07 Å². The number of carbonyl (C=O) groups is 1. The molecule has 2 heterocycles. The van der Waals surface area contributed by atoms with Crippen molar-refractivity contribution < 1.29 is 14.3 Å². The fourth-order valence-corrected chi connectivity index (χ4v) is 3.88. The molecule has 154 valence electrons. The topological polar surface area (TPSA) is 80.1 Å². The lowest BCUT2D eigenvalue weighted by atomic mass is 10.1. The molecular formula is C22H28N4O3. The van der Waals surface area contributed by atoms with Crippen LogP contribution < -0.4 is 16.0 Å². The molecule has 4 rings (SSSR count). The van der Waals surface area contributed by atoms with Crippen molar-refractivity contribution in [2.24, 2.45) is 0 Å². The van der Waals surface area contributed by atoms with E-state index in [-0.39, 0.29) is 6.61 Å². The molecule has 2 saturated heterocycles. The number of carbonyl (C=O) groups excluding carboxylic acids is 1. The molecule has 29 heavy (non-hydrogen) atoms. The number of hydrogen-bond acceptors (Lipinski definition) is 6. The van der Waals surface area contributed by atoms with E-state index in [2.05, 4.69) is 22.0 Å². The number of ether oxygens (including phenoxy) is 2. The van der Waals surface area contributed by atoms with E-state index in [9.17, 15) is 4.79 Å². The van der Waals surface area contributed by atoms with E-state index >= 15 is 0 Å². The molecular weight excluding hydrogens is 368 g/mol. The first kappa shape index (κ1) is 19.5. The SMILES string of the molecule is C[C@H]1CN(C2COC2)CCN1c1ccc(NC(=O)OCc2ccccc2)cc1N. The molecule has 0 spiro atoms. The van der Waals surface area contributed by atoms with Gasteiger partial charge in [-0.3, -0.25) is 10.2 Å². The van der Waals surface area contributed by atoms with Gasteiger partial charge in [0.05, 0.1) is 30.6 Å². The van der Waals surface area contributed by atoms with Gasteiger partial charge in [0.25, 0.3) is 0 Å². The van der Waals surface area contributed by atoms with Crippen LogP contribution in [0.25, 0.3) is 0 Å². The molecule has 0 aliphatic carbocycles. The van der Waals surface area contributed by atoms with Crippen molar-refractivity contribution in [1.29, 1.82) is 0 Å². The largest absolute Gasteiger partial charge is 0.444 e. The van der Waals surface area contributed by atoms with E-state index in [1.165, 1.54) is 0 Å². The lowest BCUT2D eigenvalue weighted by Gasteiger charge is -2.46. The maximum atomic E-state index is 12.1. The molecule has 0 radical (unpaired) electrons. The fraction of sp³-hybridized carbons (Fsp3) is 0.409. The van der Waals surface area contributed by atoms with Crippen molar-refractivity contribution in [2.75, 3.05) is 48.8 Å². The van der Waals surface area contributed by atoms with E-state index in [0.29, 0.717) is 23.5 Å². The predicted octanol–water partition coefficient (Wildman–Crippen LogP) is 2.93. The zero-order chi connectivity index (χ0) is 20.2. The molecule has 7 nitrogen and oxygen atoms in total. The summed E-state index contributed by atoms with van der Waals surface area (Å²) in [6.45, 7) is 7.06. The summed E-state index contributed by atoms with van der Waals surface area (Å²) in [4.78, 5) is 16.9. The highest BCUT2D eigenvalue weighted by atomic mass is 16.5. The number of nitrogens with two attached hydrogens (primary N) is 1. The van der Waals surface area contributed by atoms with E-state index in [4.69, 9.17) is 15.2 Å². The average molecular weight is 396 g/mol. The first-order valence-corrected chi connectivity index (χ1v) is 10.1. The number of piperazine rings is 1. The third-order valence-electron chi connectivity index (χ3n) is 5.59. The summed E-state index contributed by atoms with van der Waals surface area (Å²) in [5, 5.41) is 2.75. The Hall–Kier alpha value is -2.77. The Morgan fingerprint density at radius 3 is 2.66 bits per heavy atom. The Morgan fingerprint density at radius 1 is 1.21 bits per heavy atom. The van der Waals surface area contributed by atoms with Crippen LogP contribution in [-0.2, 0) is 16.1 Å². The Bertz CT molecular complexity index is 841. The number of rotatable bonds is 5. The molecule has 3 N–H and O–H groups in total. The Balaban J connectivity index is 1.33. The molecule has 1 atom stereocenters. The average Bonchev–Trinajstić information content (AvgIpc) is 2.67. The van der Waals surface area contributed by atoms with E-state index < -0.39 is 6.09 Å². The number of amides is 1. The molecule has 2 aromatic rings. The van der Waals surface area contributed by atoms with Crippen LogP contribution in [0.2, 0.25) is 0 Å². The first-order chi connectivity index (χ1) is 14.1. The molecule has 0 bridgehead atoms. The molecule has 2 aliphatic rings. The quantitative estimate of drug-likeness (QED) is 0.757. The van der Waals surface area contributed by atoms with Gasteiger partial charge >= 0.3 is 6.09 Å². The summed E-state index contributed by atoms with van der Waals surface area (Å²) in [5.74, 6) is 0. The molecule has 2 fully saturated rings. The minimum Gasteiger partial charge on any atom is -0.444 e. The zero-order valence-corrected chi connectivity index (χ0v) is 16.7. The van der Waals surface area contributed by atoms with Crippen LogP contribution in [0.1, 0.15) is 12.5 Å². The van der Waals surface area contributed by atoms with Gasteiger partial charge < -0.3 is 20.1 Å². The van der Waals surface area contributed by atoms with Gasteiger partial charge in [0.2, 0.25) is 0 Å². The van der Waals surface area contributed by atoms with Crippen molar-refractivity contribution >= 4 is 23.2 Å². The van der Waals surface area contributed by atoms with Crippen LogP contribution >= 0.6 is 0 Å². The van der Waals surface area contributed by atoms with Crippen molar-refractivity contribution in [3.8, 4) is 0 Å². The van der Waals surface area contributed by atoms with Crippen molar-refractivity contribution in [2.45, 2.75) is 25.6 Å². The van der Waals surface area contributed by atoms with Crippen molar-refractivity contribution in [3.05, 3.63) is 54.1 Å². The molecule has 0 aromatic heterocycles. The van der Waals surface area contributed by atoms with Crippen LogP contribution in [0.4, 0.5) is 21.9 Å². The van der Waals surface area contributed by atoms with Crippen molar-refractivity contribution in [3.63, 3.8) is 0 Å². The monoisotopic (exact) mass is 396 g/mol. The highest BCUT2D eigenvalue weighted by Gasteiger charge is 2.32. The second kappa shape index (κ2) is 8.71. The normalized spacial score (nSPS) is 20.2. The van der Waals surface area contributed by atoms with Crippen LogP contribution in [-0.4, -0.2) is 55.9 Å². The van der Waals surface area contributed by atoms with Gasteiger partial charge in [0.15, 0.2) is 0 Å². The molecule has 0 saturated carbocycles. The second-order valence-electron chi connectivity index (χ2n) is 7.69. The molecule has 2 aromatic carbocycles. The lowest BCUT2D eigenvalue weighted by Crippen LogP contribution is -2.59. The maximum absolute atomic E-state index is 12.1. The Labute approximate surface area is 171 Å². The predicted molar refractivity (Wildman–Crippen MR) is 114 cm³/mol. The van der Waals surface area contributed by atoms with Crippen LogP contribution in [0, 0.1) is 0 Å². The van der Waals surface area contributed by atoms with E-state index in [0.717, 1.165) is 44.1 Å². The zero-order valence-electron chi connectivity index (χ0n) is 16.7. The first-order valence-electron chi connectivity index (χ1n) is 10.1. The summed E-state index contributed by atoms with van der Waals surface area (Å²) in [6, 6.07) is 16.1. The number of nitrogen functional groups attached to an aromatic ring is 1. The van der Waals surface area contributed by atoms with Gasteiger partial charge in [0.1, 0.15) is 6.61 Å². The van der Waals surface area contributed by atoms with E-state index in [1.807, 2.05) is 42.5 Å². The van der Waals surface area contributed by atoms with Gasteiger partial charge in [-0.05, 0) is 30.7 Å². The van der Waals surface area contributed by atoms with Gasteiger partial charge in [-0.25, -0.2) is 4.79 Å². The summed E-state index contributed by atoms with van der Waals surface area (Å²) in [5.41, 5.74) is 9.55. The minimum absolute atomic E-state index is 0.230. The number of hydrogen-bond donors (Lipinski definition) is 2. The third kappa shape index (κ3) is 4.63. The fourth-order valence-electron chi connectivity index (χ4n) is 3.88. The number of benzene rings is 2. The molecule has 1 amide bonds. The minimum atomic E-state index is -0.495. The summed E-state index contributed by atoms with van der Waals surface area (Å²) >= 11 is 0. The van der Waals surface area contributed by atoms with Crippen molar-refractivity contribution in [1.82, 2.24) is 4.90 Å². The number of anilines is 3. The smallest absolute Gasteiger partial charge is 0.411 e. The van der Waals surface area contributed by atoms with Crippen LogP contribution in [0.3, 0.4) is 0 Å². The lowest BCUT2D eigenvalue weighted by molar-refractivity contribution is -0.0691. The number of nitrogens with one attached hydrogen (secondary N) is 1. The summed E-state index contributed by atoms with van der Waals surface area (Å²) in [6.07, 6.45) is -0.495. The standard InChI is InChI=1S/C22H28N4O3/c1-16-12-25(19-14-28-15-19)9-10-26(16)21-8-7-18(11-20(21)23)24-22(27)29-13-17-5-3-2-4-6-17/h2-8,11,16,19H,9-10,12-15,23H2,1H3,(H,24,27)/t16-/m0/s1. The Kier molecular flexibility index (Phi) is 5.87. The molecule has 7 heteroatoms. The summed E-state index contributed by atoms with van der Waals surface area (Å²) in [7, 11) is 0. The number of nitrogens with zero attached hydrogens (tertiary/aromatic N) is 2. The van der Waals surface area contributed by atoms with Crippen LogP contribution in [0.5, 0.6) is 0 Å². The highest BCUT2D eigenvalue weighted by Crippen LogP contribution is 2.30. The second-order valence-corrected chi connectivity index (χ2v) is 7.69. The van der Waals surface area contributed by atoms with Gasteiger partial charge in [-0.15, -0.1) is 0 Å². The highest BCUT2D eigenvalue weighted by molar-refractivity contribution is 5.87. The van der Waals surface area contributed by atoms with Crippen LogP contribution in [0.15, 0.2) is 48.5 Å².